The number of alkyl halides is 3. The normalized spacial score (nSPS) is 18.2. The van der Waals surface area contributed by atoms with Gasteiger partial charge >= 0.3 is 6.18 Å². The number of carbonyl (C=O) groups excluding carboxylic acids is 1. The van der Waals surface area contributed by atoms with E-state index in [1.165, 1.54) is 23.0 Å². The van der Waals surface area contributed by atoms with Crippen molar-refractivity contribution in [1.29, 1.82) is 0 Å². The quantitative estimate of drug-likeness (QED) is 0.923. The van der Waals surface area contributed by atoms with Gasteiger partial charge in [-0.25, -0.2) is 4.68 Å². The molecule has 128 valence electrons. The molecule has 0 spiro atoms. The van der Waals surface area contributed by atoms with Crippen LogP contribution >= 0.6 is 0 Å². The molecule has 1 aromatic carbocycles. The molecule has 0 unspecified atom stereocenters. The number of nitrogens with zero attached hydrogens (tertiary/aromatic N) is 4. The third-order valence-electron chi connectivity index (χ3n) is 4.06. The number of nitrogens with two attached hydrogens (primary N) is 1. The van der Waals surface area contributed by atoms with Crippen LogP contribution in [0.25, 0.3) is 5.69 Å². The van der Waals surface area contributed by atoms with E-state index in [-0.39, 0.29) is 23.2 Å². The molecule has 1 aliphatic rings. The lowest BCUT2D eigenvalue weighted by Crippen LogP contribution is -2.30. The van der Waals surface area contributed by atoms with Crippen molar-refractivity contribution in [3.63, 3.8) is 0 Å². The van der Waals surface area contributed by atoms with E-state index < -0.39 is 11.7 Å². The standard InChI is InChI=1S/C15H16F3N5O/c16-15(17,18)11-2-1-3-12(6-11)23-9-13(20-21-23)14(24)22-5-4-10(7-19)8-22/h1-3,6,9-10H,4-5,7-8,19H2/t10-/m0/s1. The van der Waals surface area contributed by atoms with Gasteiger partial charge in [0.25, 0.3) is 5.91 Å². The van der Waals surface area contributed by atoms with E-state index in [1.54, 1.807) is 4.90 Å². The average Bonchev–Trinajstić information content (AvgIpc) is 3.23. The predicted octanol–water partition coefficient (Wildman–Crippen LogP) is 1.71. The second-order valence-corrected chi connectivity index (χ2v) is 5.74. The molecule has 9 heteroatoms. The zero-order valence-electron chi connectivity index (χ0n) is 12.7. The minimum absolute atomic E-state index is 0.102. The number of likely N-dealkylation sites (tertiary alicyclic amines) is 1. The zero-order valence-corrected chi connectivity index (χ0v) is 12.7. The Kier molecular flexibility index (Phi) is 4.27. The van der Waals surface area contributed by atoms with E-state index in [0.717, 1.165) is 18.6 Å². The molecule has 3 rings (SSSR count). The monoisotopic (exact) mass is 339 g/mol. The van der Waals surface area contributed by atoms with Gasteiger partial charge in [-0.05, 0) is 37.1 Å². The molecule has 1 aliphatic heterocycles. The maximum absolute atomic E-state index is 12.8. The number of halogens is 3. The van der Waals surface area contributed by atoms with Gasteiger partial charge in [0.2, 0.25) is 0 Å². The highest BCUT2D eigenvalue weighted by atomic mass is 19.4. The lowest BCUT2D eigenvalue weighted by molar-refractivity contribution is -0.137. The van der Waals surface area contributed by atoms with Gasteiger partial charge in [0.05, 0.1) is 17.4 Å². The van der Waals surface area contributed by atoms with E-state index >= 15 is 0 Å². The molecule has 24 heavy (non-hydrogen) atoms. The summed E-state index contributed by atoms with van der Waals surface area (Å²) in [4.78, 5) is 14.0. The molecule has 6 nitrogen and oxygen atoms in total. The van der Waals surface area contributed by atoms with Gasteiger partial charge in [-0.2, -0.15) is 13.2 Å². The predicted molar refractivity (Wildman–Crippen MR) is 79.4 cm³/mol. The minimum Gasteiger partial charge on any atom is -0.337 e. The van der Waals surface area contributed by atoms with Crippen LogP contribution in [0.1, 0.15) is 22.5 Å². The molecule has 0 aliphatic carbocycles. The molecular weight excluding hydrogens is 323 g/mol. The van der Waals surface area contributed by atoms with Crippen LogP contribution in [0.4, 0.5) is 13.2 Å². The molecule has 0 bridgehead atoms. The number of hydrogen-bond donors (Lipinski definition) is 1. The van der Waals surface area contributed by atoms with Gasteiger partial charge in [0, 0.05) is 13.1 Å². The molecule has 2 aromatic rings. The lowest BCUT2D eigenvalue weighted by Gasteiger charge is -2.14. The Bertz CT molecular complexity index is 743. The van der Waals surface area contributed by atoms with Gasteiger partial charge in [-0.15, -0.1) is 5.10 Å². The molecule has 2 heterocycles. The third kappa shape index (κ3) is 3.25. The van der Waals surface area contributed by atoms with Crippen LogP contribution in [0.3, 0.4) is 0 Å². The van der Waals surface area contributed by atoms with Crippen molar-refractivity contribution in [3.8, 4) is 5.69 Å². The van der Waals surface area contributed by atoms with Crippen LogP contribution in [-0.2, 0) is 6.18 Å². The Balaban J connectivity index is 1.80. The Morgan fingerprint density at radius 2 is 2.17 bits per heavy atom. The number of benzene rings is 1. The Labute approximate surface area is 136 Å². The average molecular weight is 339 g/mol. The highest BCUT2D eigenvalue weighted by Crippen LogP contribution is 2.30. The van der Waals surface area contributed by atoms with Gasteiger partial charge in [-0.1, -0.05) is 11.3 Å². The topological polar surface area (TPSA) is 77.0 Å². The van der Waals surface area contributed by atoms with Crippen molar-refractivity contribution in [2.75, 3.05) is 19.6 Å². The van der Waals surface area contributed by atoms with Gasteiger partial charge < -0.3 is 10.6 Å². The first kappa shape index (κ1) is 16.4. The zero-order chi connectivity index (χ0) is 17.3. The number of rotatable bonds is 3. The first-order valence-corrected chi connectivity index (χ1v) is 7.48. The first-order chi connectivity index (χ1) is 11.4. The second kappa shape index (κ2) is 6.23. The molecule has 1 saturated heterocycles. The van der Waals surface area contributed by atoms with E-state index in [2.05, 4.69) is 10.3 Å². The fraction of sp³-hybridized carbons (Fsp3) is 0.400. The molecule has 2 N–H and O–H groups in total. The van der Waals surface area contributed by atoms with E-state index in [9.17, 15) is 18.0 Å². The van der Waals surface area contributed by atoms with E-state index in [1.807, 2.05) is 0 Å². The van der Waals surface area contributed by atoms with Crippen LogP contribution in [-0.4, -0.2) is 45.4 Å². The SMILES string of the molecule is NC[C@@H]1CCN(C(=O)c2cn(-c3cccc(C(F)(F)F)c3)nn2)C1. The summed E-state index contributed by atoms with van der Waals surface area (Å²) in [6.45, 7) is 1.67. The van der Waals surface area contributed by atoms with Crippen LogP contribution in [0.15, 0.2) is 30.5 Å². The Morgan fingerprint density at radius 1 is 1.38 bits per heavy atom. The molecule has 0 radical (unpaired) electrons. The van der Waals surface area contributed by atoms with Gasteiger partial charge in [-0.3, -0.25) is 4.79 Å². The lowest BCUT2D eigenvalue weighted by atomic mass is 10.1. The molecule has 1 fully saturated rings. The maximum atomic E-state index is 12.8. The van der Waals surface area contributed by atoms with Crippen molar-refractivity contribution in [3.05, 3.63) is 41.7 Å². The molecule has 0 saturated carbocycles. The Hall–Kier alpha value is -2.42. The van der Waals surface area contributed by atoms with Crippen molar-refractivity contribution in [1.82, 2.24) is 19.9 Å². The van der Waals surface area contributed by atoms with Gasteiger partial charge in [0.15, 0.2) is 5.69 Å². The second-order valence-electron chi connectivity index (χ2n) is 5.74. The van der Waals surface area contributed by atoms with Crippen molar-refractivity contribution >= 4 is 5.91 Å². The first-order valence-electron chi connectivity index (χ1n) is 7.48. The van der Waals surface area contributed by atoms with Crippen LogP contribution < -0.4 is 5.73 Å². The highest BCUT2D eigenvalue weighted by molar-refractivity contribution is 5.92. The number of amides is 1. The summed E-state index contributed by atoms with van der Waals surface area (Å²) in [5.41, 5.74) is 5.11. The Morgan fingerprint density at radius 3 is 2.83 bits per heavy atom. The molecule has 1 atom stereocenters. The molecular formula is C15H16F3N5O. The van der Waals surface area contributed by atoms with Crippen LogP contribution in [0.5, 0.6) is 0 Å². The highest BCUT2D eigenvalue weighted by Gasteiger charge is 2.31. The largest absolute Gasteiger partial charge is 0.416 e. The summed E-state index contributed by atoms with van der Waals surface area (Å²) in [6, 6.07) is 4.69. The van der Waals surface area contributed by atoms with E-state index in [4.69, 9.17) is 5.73 Å². The summed E-state index contributed by atoms with van der Waals surface area (Å²) in [5, 5.41) is 7.56. The smallest absolute Gasteiger partial charge is 0.337 e. The summed E-state index contributed by atoms with van der Waals surface area (Å²) < 4.78 is 39.5. The number of hydrogen-bond acceptors (Lipinski definition) is 4. The maximum Gasteiger partial charge on any atom is 0.416 e. The van der Waals surface area contributed by atoms with Crippen LogP contribution in [0.2, 0.25) is 0 Å². The van der Waals surface area contributed by atoms with Gasteiger partial charge in [0.1, 0.15) is 0 Å². The van der Waals surface area contributed by atoms with Crippen molar-refractivity contribution in [2.45, 2.75) is 12.6 Å². The molecule has 1 aromatic heterocycles. The summed E-state index contributed by atoms with van der Waals surface area (Å²) in [5.74, 6) is -0.0170. The fourth-order valence-corrected chi connectivity index (χ4v) is 2.68. The van der Waals surface area contributed by atoms with Crippen molar-refractivity contribution < 1.29 is 18.0 Å². The molecule has 1 amide bonds. The number of carbonyl (C=O) groups is 1. The summed E-state index contributed by atoms with van der Waals surface area (Å²) in [6.07, 6.45) is -2.26. The number of aromatic nitrogens is 3. The third-order valence-corrected chi connectivity index (χ3v) is 4.06. The summed E-state index contributed by atoms with van der Waals surface area (Å²) in [7, 11) is 0. The fourth-order valence-electron chi connectivity index (χ4n) is 2.68. The minimum atomic E-state index is -4.44. The summed E-state index contributed by atoms with van der Waals surface area (Å²) >= 11 is 0. The van der Waals surface area contributed by atoms with E-state index in [0.29, 0.717) is 19.6 Å². The van der Waals surface area contributed by atoms with Crippen molar-refractivity contribution in [2.24, 2.45) is 11.7 Å². The van der Waals surface area contributed by atoms with Crippen LogP contribution in [0, 0.1) is 5.92 Å².